The summed E-state index contributed by atoms with van der Waals surface area (Å²) in [5.74, 6) is -0.921. The van der Waals surface area contributed by atoms with E-state index in [9.17, 15) is 14.4 Å². The summed E-state index contributed by atoms with van der Waals surface area (Å²) < 4.78 is 11.9. The molecule has 3 rings (SSSR count). The van der Waals surface area contributed by atoms with E-state index in [2.05, 4.69) is 10.3 Å². The number of amides is 1. The Morgan fingerprint density at radius 2 is 2.11 bits per heavy atom. The second-order valence-corrected chi connectivity index (χ2v) is 6.81. The summed E-state index contributed by atoms with van der Waals surface area (Å²) in [5, 5.41) is 8.54. The molecule has 2 heterocycles. The first-order valence-electron chi connectivity index (χ1n) is 8.85. The van der Waals surface area contributed by atoms with Crippen LogP contribution in [0.1, 0.15) is 24.2 Å². The van der Waals surface area contributed by atoms with Crippen LogP contribution in [0.5, 0.6) is 0 Å². The lowest BCUT2D eigenvalue weighted by molar-refractivity contribution is -0.137. The Morgan fingerprint density at radius 3 is 2.86 bits per heavy atom. The molecule has 0 saturated carbocycles. The quantitative estimate of drug-likeness (QED) is 0.506. The SMILES string of the molecule is CCOC(=O)/C=C1\SCC(=O)N1CCOC(=O)c1ccc2c(c1)nnn2CC. The van der Waals surface area contributed by atoms with Gasteiger partial charge in [-0.05, 0) is 32.0 Å². The third kappa shape index (κ3) is 4.33. The van der Waals surface area contributed by atoms with Crippen LogP contribution in [0, 0.1) is 0 Å². The average molecular weight is 404 g/mol. The van der Waals surface area contributed by atoms with Crippen LogP contribution in [0.3, 0.4) is 0 Å². The molecular formula is C18H20N4O5S. The molecule has 0 bridgehead atoms. The zero-order valence-corrected chi connectivity index (χ0v) is 16.4. The zero-order valence-electron chi connectivity index (χ0n) is 15.6. The molecule has 1 aliphatic heterocycles. The fraction of sp³-hybridized carbons (Fsp3) is 0.389. The highest BCUT2D eigenvalue weighted by atomic mass is 32.2. The number of thioether (sulfide) groups is 1. The highest BCUT2D eigenvalue weighted by Gasteiger charge is 2.27. The van der Waals surface area contributed by atoms with Crippen molar-refractivity contribution in [1.29, 1.82) is 0 Å². The second kappa shape index (κ2) is 8.87. The number of hydrogen-bond acceptors (Lipinski definition) is 8. The molecule has 2 aromatic rings. The predicted molar refractivity (Wildman–Crippen MR) is 102 cm³/mol. The first-order valence-corrected chi connectivity index (χ1v) is 9.84. The van der Waals surface area contributed by atoms with Gasteiger partial charge in [0.15, 0.2) is 0 Å². The Morgan fingerprint density at radius 1 is 1.29 bits per heavy atom. The zero-order chi connectivity index (χ0) is 20.1. The molecule has 1 fully saturated rings. The minimum Gasteiger partial charge on any atom is -0.463 e. The summed E-state index contributed by atoms with van der Waals surface area (Å²) in [6.45, 7) is 4.78. The maximum absolute atomic E-state index is 12.3. The molecule has 1 amide bonds. The van der Waals surface area contributed by atoms with Gasteiger partial charge in [0.05, 0.1) is 41.1 Å². The van der Waals surface area contributed by atoms with Crippen LogP contribution >= 0.6 is 11.8 Å². The van der Waals surface area contributed by atoms with Crippen LogP contribution in [0.2, 0.25) is 0 Å². The summed E-state index contributed by atoms with van der Waals surface area (Å²) in [5.41, 5.74) is 1.81. The fourth-order valence-electron chi connectivity index (χ4n) is 2.70. The number of hydrogen-bond donors (Lipinski definition) is 0. The number of nitrogens with zero attached hydrogens (tertiary/aromatic N) is 4. The van der Waals surface area contributed by atoms with E-state index in [1.54, 1.807) is 29.8 Å². The standard InChI is InChI=1S/C18H20N4O5S/c1-3-22-14-6-5-12(9-13(14)19-20-22)18(25)27-8-7-21-15(23)11-28-16(21)10-17(24)26-4-2/h5-6,9-10H,3-4,7-8,11H2,1-2H3/b16-10-. The van der Waals surface area contributed by atoms with E-state index in [4.69, 9.17) is 9.47 Å². The van der Waals surface area contributed by atoms with Crippen LogP contribution < -0.4 is 0 Å². The number of carbonyl (C=O) groups excluding carboxylic acids is 3. The van der Waals surface area contributed by atoms with Gasteiger partial charge in [-0.2, -0.15) is 0 Å². The van der Waals surface area contributed by atoms with Gasteiger partial charge >= 0.3 is 11.9 Å². The summed E-state index contributed by atoms with van der Waals surface area (Å²) in [4.78, 5) is 37.3. The van der Waals surface area contributed by atoms with Crippen molar-refractivity contribution in [2.45, 2.75) is 20.4 Å². The Labute approximate surface area is 165 Å². The molecule has 0 unspecified atom stereocenters. The minimum absolute atomic E-state index is 0.00495. The normalized spacial score (nSPS) is 15.4. The number of carbonyl (C=O) groups is 3. The predicted octanol–water partition coefficient (Wildman–Crippen LogP) is 1.59. The van der Waals surface area contributed by atoms with Gasteiger partial charge in [0.2, 0.25) is 5.91 Å². The van der Waals surface area contributed by atoms with Gasteiger partial charge in [0, 0.05) is 6.54 Å². The first-order chi connectivity index (χ1) is 13.5. The third-order valence-electron chi connectivity index (χ3n) is 4.04. The van der Waals surface area contributed by atoms with Gasteiger partial charge in [0.25, 0.3) is 0 Å². The monoisotopic (exact) mass is 404 g/mol. The number of rotatable bonds is 7. The van der Waals surface area contributed by atoms with E-state index in [0.29, 0.717) is 22.7 Å². The van der Waals surface area contributed by atoms with Crippen LogP contribution in [-0.4, -0.2) is 63.3 Å². The largest absolute Gasteiger partial charge is 0.463 e. The van der Waals surface area contributed by atoms with Crippen molar-refractivity contribution in [1.82, 2.24) is 19.9 Å². The van der Waals surface area contributed by atoms with Gasteiger partial charge in [-0.25, -0.2) is 14.3 Å². The molecule has 1 aromatic carbocycles. The van der Waals surface area contributed by atoms with Crippen molar-refractivity contribution in [3.8, 4) is 0 Å². The molecular weight excluding hydrogens is 384 g/mol. The van der Waals surface area contributed by atoms with Crippen molar-refractivity contribution in [3.63, 3.8) is 0 Å². The highest BCUT2D eigenvalue weighted by Crippen LogP contribution is 2.28. The Bertz CT molecular complexity index is 939. The Kier molecular flexibility index (Phi) is 6.30. The molecule has 0 atom stereocenters. The first kappa shape index (κ1) is 19.9. The lowest BCUT2D eigenvalue weighted by atomic mass is 10.2. The molecule has 10 heteroatoms. The Hall–Kier alpha value is -2.88. The maximum atomic E-state index is 12.3. The highest BCUT2D eigenvalue weighted by molar-refractivity contribution is 8.04. The van der Waals surface area contributed by atoms with E-state index in [0.717, 1.165) is 5.52 Å². The van der Waals surface area contributed by atoms with Crippen LogP contribution in [-0.2, 0) is 25.6 Å². The van der Waals surface area contributed by atoms with Crippen molar-refractivity contribution in [3.05, 3.63) is 34.9 Å². The molecule has 0 spiro atoms. The molecule has 28 heavy (non-hydrogen) atoms. The van der Waals surface area contributed by atoms with E-state index < -0.39 is 11.9 Å². The van der Waals surface area contributed by atoms with Gasteiger partial charge in [-0.15, -0.1) is 5.10 Å². The van der Waals surface area contributed by atoms with E-state index >= 15 is 0 Å². The molecule has 0 radical (unpaired) electrons. The number of esters is 2. The topological polar surface area (TPSA) is 104 Å². The Balaban J connectivity index is 1.60. The fourth-order valence-corrected chi connectivity index (χ4v) is 3.66. The second-order valence-electron chi connectivity index (χ2n) is 5.81. The lowest BCUT2D eigenvalue weighted by Gasteiger charge is -2.16. The molecule has 1 aromatic heterocycles. The van der Waals surface area contributed by atoms with Crippen LogP contribution in [0.25, 0.3) is 11.0 Å². The molecule has 1 aliphatic rings. The summed E-state index contributed by atoms with van der Waals surface area (Å²) >= 11 is 1.25. The average Bonchev–Trinajstić information content (AvgIpc) is 3.25. The lowest BCUT2D eigenvalue weighted by Crippen LogP contribution is -2.29. The van der Waals surface area contributed by atoms with E-state index in [1.165, 1.54) is 22.7 Å². The van der Waals surface area contributed by atoms with Crippen molar-refractivity contribution >= 4 is 40.6 Å². The van der Waals surface area contributed by atoms with Crippen molar-refractivity contribution < 1.29 is 23.9 Å². The van der Waals surface area contributed by atoms with Crippen LogP contribution in [0.15, 0.2) is 29.3 Å². The van der Waals surface area contributed by atoms with Crippen LogP contribution in [0.4, 0.5) is 0 Å². The maximum Gasteiger partial charge on any atom is 0.338 e. The van der Waals surface area contributed by atoms with Gasteiger partial charge in [-0.3, -0.25) is 4.79 Å². The number of aryl methyl sites for hydroxylation is 1. The van der Waals surface area contributed by atoms with Gasteiger partial charge < -0.3 is 14.4 Å². The number of fused-ring (bicyclic) bond motifs is 1. The van der Waals surface area contributed by atoms with E-state index in [1.807, 2.05) is 6.92 Å². The van der Waals surface area contributed by atoms with Gasteiger partial charge in [0.1, 0.15) is 12.1 Å². The summed E-state index contributed by atoms with van der Waals surface area (Å²) in [6.07, 6.45) is 1.28. The molecule has 1 saturated heterocycles. The summed E-state index contributed by atoms with van der Waals surface area (Å²) in [6, 6.07) is 5.05. The van der Waals surface area contributed by atoms with Crippen molar-refractivity contribution in [2.75, 3.05) is 25.5 Å². The van der Waals surface area contributed by atoms with Gasteiger partial charge in [-0.1, -0.05) is 17.0 Å². The van der Waals surface area contributed by atoms with Crippen molar-refractivity contribution in [2.24, 2.45) is 0 Å². The smallest absolute Gasteiger partial charge is 0.338 e. The number of ether oxygens (including phenoxy) is 2. The minimum atomic E-state index is -0.511. The number of aromatic nitrogens is 3. The third-order valence-corrected chi connectivity index (χ3v) is 5.06. The number of benzene rings is 1. The summed E-state index contributed by atoms with van der Waals surface area (Å²) in [7, 11) is 0. The molecule has 0 N–H and O–H groups in total. The molecule has 148 valence electrons. The van der Waals surface area contributed by atoms with E-state index in [-0.39, 0.29) is 31.4 Å². The molecule has 0 aliphatic carbocycles. The molecule has 9 nitrogen and oxygen atoms in total.